The van der Waals surface area contributed by atoms with Crippen molar-refractivity contribution in [3.8, 4) is 0 Å². The first-order valence-corrected chi connectivity index (χ1v) is 8.85. The number of hydrogen-bond acceptors (Lipinski definition) is 3. The largest absolute Gasteiger partial charge is 0.312 e. The first-order valence-electron chi connectivity index (χ1n) is 8.85. The molecule has 1 saturated carbocycles. The molecule has 3 nitrogen and oxygen atoms in total. The first-order chi connectivity index (χ1) is 9.68. The minimum atomic E-state index is 0.270. The van der Waals surface area contributed by atoms with Crippen molar-refractivity contribution in [3.63, 3.8) is 0 Å². The van der Waals surface area contributed by atoms with Gasteiger partial charge in [-0.15, -0.1) is 0 Å². The molecule has 1 heterocycles. The third-order valence-corrected chi connectivity index (χ3v) is 5.57. The lowest BCUT2D eigenvalue weighted by Crippen LogP contribution is -2.58. The van der Waals surface area contributed by atoms with E-state index in [-0.39, 0.29) is 5.54 Å². The number of nitrogens with zero attached hydrogens (tertiary/aromatic N) is 2. The number of likely N-dealkylation sites (N-methyl/N-ethyl adjacent to an activating group) is 1. The van der Waals surface area contributed by atoms with Crippen LogP contribution in [0.5, 0.6) is 0 Å². The average molecular weight is 296 g/mol. The van der Waals surface area contributed by atoms with Crippen molar-refractivity contribution >= 4 is 0 Å². The van der Waals surface area contributed by atoms with E-state index >= 15 is 0 Å². The fraction of sp³-hybridized carbons (Fsp3) is 1.00. The summed E-state index contributed by atoms with van der Waals surface area (Å²) in [6.45, 7) is 18.0. The van der Waals surface area contributed by atoms with E-state index in [2.05, 4.69) is 56.8 Å². The van der Waals surface area contributed by atoms with E-state index in [4.69, 9.17) is 0 Å². The molecule has 124 valence electrons. The number of nitrogens with one attached hydrogen (secondary N) is 1. The maximum absolute atomic E-state index is 3.90. The number of piperazine rings is 1. The van der Waals surface area contributed by atoms with Gasteiger partial charge in [0.1, 0.15) is 0 Å². The molecule has 0 spiro atoms. The van der Waals surface area contributed by atoms with E-state index in [1.54, 1.807) is 0 Å². The Kier molecular flexibility index (Phi) is 5.38. The van der Waals surface area contributed by atoms with Crippen LogP contribution in [0, 0.1) is 11.3 Å². The van der Waals surface area contributed by atoms with Crippen molar-refractivity contribution < 1.29 is 0 Å². The van der Waals surface area contributed by atoms with Crippen LogP contribution in [0.2, 0.25) is 0 Å². The van der Waals surface area contributed by atoms with Gasteiger partial charge in [0, 0.05) is 44.3 Å². The standard InChI is InChI=1S/C18H37N3/c1-15-11-16(13-17(2,3)12-15)19-14-18(4,5)21-9-7-20(6)8-10-21/h15-16,19H,7-14H2,1-6H3. The Balaban J connectivity index is 1.83. The van der Waals surface area contributed by atoms with Crippen molar-refractivity contribution in [2.24, 2.45) is 11.3 Å². The summed E-state index contributed by atoms with van der Waals surface area (Å²) in [5.74, 6) is 0.859. The highest BCUT2D eigenvalue weighted by Crippen LogP contribution is 2.38. The van der Waals surface area contributed by atoms with Gasteiger partial charge >= 0.3 is 0 Å². The second kappa shape index (κ2) is 6.55. The number of hydrogen-bond donors (Lipinski definition) is 1. The fourth-order valence-corrected chi connectivity index (χ4v) is 4.42. The minimum Gasteiger partial charge on any atom is -0.312 e. The Labute approximate surface area is 132 Å². The van der Waals surface area contributed by atoms with Gasteiger partial charge in [0.15, 0.2) is 0 Å². The Morgan fingerprint density at radius 2 is 1.71 bits per heavy atom. The van der Waals surface area contributed by atoms with Gasteiger partial charge in [-0.25, -0.2) is 0 Å². The molecule has 1 saturated heterocycles. The summed E-state index contributed by atoms with van der Waals surface area (Å²) in [4.78, 5) is 5.10. The highest BCUT2D eigenvalue weighted by Gasteiger charge is 2.34. The molecular weight excluding hydrogens is 258 g/mol. The molecule has 2 rings (SSSR count). The molecule has 1 aliphatic heterocycles. The Bertz CT molecular complexity index is 329. The van der Waals surface area contributed by atoms with Crippen LogP contribution in [0.25, 0.3) is 0 Å². The van der Waals surface area contributed by atoms with Gasteiger partial charge in [-0.05, 0) is 51.5 Å². The van der Waals surface area contributed by atoms with Gasteiger partial charge in [-0.1, -0.05) is 20.8 Å². The molecule has 0 aromatic rings. The summed E-state index contributed by atoms with van der Waals surface area (Å²) in [7, 11) is 2.23. The second-order valence-corrected chi connectivity index (χ2v) is 9.09. The maximum Gasteiger partial charge on any atom is 0.0278 e. The predicted molar refractivity (Wildman–Crippen MR) is 91.7 cm³/mol. The monoisotopic (exact) mass is 295 g/mol. The molecule has 2 unspecified atom stereocenters. The van der Waals surface area contributed by atoms with E-state index in [0.717, 1.165) is 12.5 Å². The summed E-state index contributed by atoms with van der Waals surface area (Å²) in [5.41, 5.74) is 0.777. The predicted octanol–water partition coefficient (Wildman–Crippen LogP) is 2.82. The van der Waals surface area contributed by atoms with Crippen molar-refractivity contribution in [3.05, 3.63) is 0 Å². The van der Waals surface area contributed by atoms with Crippen LogP contribution in [0.3, 0.4) is 0 Å². The third-order valence-electron chi connectivity index (χ3n) is 5.57. The van der Waals surface area contributed by atoms with Crippen molar-refractivity contribution in [2.45, 2.75) is 65.5 Å². The van der Waals surface area contributed by atoms with Crippen LogP contribution < -0.4 is 5.32 Å². The summed E-state index contributed by atoms with van der Waals surface area (Å²) in [5, 5.41) is 3.90. The van der Waals surface area contributed by atoms with Crippen LogP contribution in [-0.4, -0.2) is 61.2 Å². The Morgan fingerprint density at radius 3 is 2.29 bits per heavy atom. The van der Waals surface area contributed by atoms with E-state index in [1.165, 1.54) is 45.4 Å². The molecule has 21 heavy (non-hydrogen) atoms. The maximum atomic E-state index is 3.90. The lowest BCUT2D eigenvalue weighted by Gasteiger charge is -2.45. The zero-order valence-corrected chi connectivity index (χ0v) is 15.2. The lowest BCUT2D eigenvalue weighted by atomic mass is 9.70. The Morgan fingerprint density at radius 1 is 1.10 bits per heavy atom. The van der Waals surface area contributed by atoms with Gasteiger partial charge in [0.2, 0.25) is 0 Å². The lowest BCUT2D eigenvalue weighted by molar-refractivity contribution is 0.0547. The van der Waals surface area contributed by atoms with E-state index in [0.29, 0.717) is 11.5 Å². The Hall–Kier alpha value is -0.120. The van der Waals surface area contributed by atoms with Crippen LogP contribution in [0.1, 0.15) is 53.9 Å². The zero-order valence-electron chi connectivity index (χ0n) is 15.2. The summed E-state index contributed by atoms with van der Waals surface area (Å²) >= 11 is 0. The van der Waals surface area contributed by atoms with Gasteiger partial charge in [0.25, 0.3) is 0 Å². The van der Waals surface area contributed by atoms with Gasteiger partial charge < -0.3 is 10.2 Å². The molecule has 0 aromatic carbocycles. The van der Waals surface area contributed by atoms with Crippen molar-refractivity contribution in [2.75, 3.05) is 39.8 Å². The molecule has 1 N–H and O–H groups in total. The van der Waals surface area contributed by atoms with E-state index < -0.39 is 0 Å². The summed E-state index contributed by atoms with van der Waals surface area (Å²) in [6.07, 6.45) is 4.06. The molecule has 3 heteroatoms. The summed E-state index contributed by atoms with van der Waals surface area (Å²) in [6, 6.07) is 0.704. The smallest absolute Gasteiger partial charge is 0.0278 e. The normalized spacial score (nSPS) is 32.3. The quantitative estimate of drug-likeness (QED) is 0.860. The summed E-state index contributed by atoms with van der Waals surface area (Å²) < 4.78 is 0. The molecule has 2 fully saturated rings. The van der Waals surface area contributed by atoms with E-state index in [1.807, 2.05) is 0 Å². The van der Waals surface area contributed by atoms with Gasteiger partial charge in [-0.3, -0.25) is 4.90 Å². The van der Waals surface area contributed by atoms with Crippen molar-refractivity contribution in [1.82, 2.24) is 15.1 Å². The highest BCUT2D eigenvalue weighted by atomic mass is 15.3. The number of rotatable bonds is 4. The minimum absolute atomic E-state index is 0.270. The van der Waals surface area contributed by atoms with Gasteiger partial charge in [0.05, 0.1) is 0 Å². The SMILES string of the molecule is CC1CC(NCC(C)(C)N2CCN(C)CC2)CC(C)(C)C1. The van der Waals surface area contributed by atoms with Crippen LogP contribution in [-0.2, 0) is 0 Å². The topological polar surface area (TPSA) is 18.5 Å². The van der Waals surface area contributed by atoms with Crippen LogP contribution >= 0.6 is 0 Å². The molecule has 1 aliphatic carbocycles. The highest BCUT2D eigenvalue weighted by molar-refractivity contribution is 4.91. The first kappa shape index (κ1) is 17.2. The molecule has 0 bridgehead atoms. The molecule has 2 aliphatic rings. The molecular formula is C18H37N3. The van der Waals surface area contributed by atoms with Crippen LogP contribution in [0.15, 0.2) is 0 Å². The zero-order chi connectivity index (χ0) is 15.7. The second-order valence-electron chi connectivity index (χ2n) is 9.09. The molecule has 2 atom stereocenters. The van der Waals surface area contributed by atoms with E-state index in [9.17, 15) is 0 Å². The average Bonchev–Trinajstić information content (AvgIpc) is 2.35. The fourth-order valence-electron chi connectivity index (χ4n) is 4.42. The third kappa shape index (κ3) is 4.94. The molecule has 0 amide bonds. The van der Waals surface area contributed by atoms with Gasteiger partial charge in [-0.2, -0.15) is 0 Å². The van der Waals surface area contributed by atoms with Crippen molar-refractivity contribution in [1.29, 1.82) is 0 Å². The molecule has 0 aromatic heterocycles. The van der Waals surface area contributed by atoms with Crippen LogP contribution in [0.4, 0.5) is 0 Å². The molecule has 0 radical (unpaired) electrons.